The van der Waals surface area contributed by atoms with Gasteiger partial charge in [-0.25, -0.2) is 0 Å². The lowest BCUT2D eigenvalue weighted by Gasteiger charge is -2.23. The van der Waals surface area contributed by atoms with Gasteiger partial charge in [0.05, 0.1) is 6.07 Å². The largest absolute Gasteiger partial charge is 0.316 e. The van der Waals surface area contributed by atoms with Crippen molar-refractivity contribution in [2.75, 3.05) is 32.7 Å². The fourth-order valence-electron chi connectivity index (χ4n) is 1.43. The SMILES string of the molecule is CCNCCN(CCC#N)CC(C)C. The van der Waals surface area contributed by atoms with E-state index in [0.717, 1.165) is 32.7 Å². The average molecular weight is 197 g/mol. The van der Waals surface area contributed by atoms with Gasteiger partial charge >= 0.3 is 0 Å². The van der Waals surface area contributed by atoms with Crippen molar-refractivity contribution in [3.8, 4) is 6.07 Å². The molecule has 0 amide bonds. The molecule has 0 fully saturated rings. The molecule has 14 heavy (non-hydrogen) atoms. The lowest BCUT2D eigenvalue weighted by Crippen LogP contribution is -2.35. The fourth-order valence-corrected chi connectivity index (χ4v) is 1.43. The standard InChI is InChI=1S/C11H23N3/c1-4-13-7-9-14(8-5-6-12)10-11(2)3/h11,13H,4-5,7-10H2,1-3H3. The Hall–Kier alpha value is -0.590. The Labute approximate surface area is 88.1 Å². The van der Waals surface area contributed by atoms with E-state index in [-0.39, 0.29) is 0 Å². The first-order valence-corrected chi connectivity index (χ1v) is 5.50. The first-order valence-electron chi connectivity index (χ1n) is 5.50. The average Bonchev–Trinajstić information content (AvgIpc) is 2.13. The Morgan fingerprint density at radius 1 is 1.36 bits per heavy atom. The third kappa shape index (κ3) is 8.03. The Kier molecular flexibility index (Phi) is 8.61. The first kappa shape index (κ1) is 13.4. The van der Waals surface area contributed by atoms with E-state index in [2.05, 4.69) is 37.1 Å². The monoisotopic (exact) mass is 197 g/mol. The zero-order valence-electron chi connectivity index (χ0n) is 9.71. The van der Waals surface area contributed by atoms with Crippen molar-refractivity contribution in [1.82, 2.24) is 10.2 Å². The molecule has 1 N–H and O–H groups in total. The van der Waals surface area contributed by atoms with Crippen LogP contribution in [0, 0.1) is 17.2 Å². The Bertz CT molecular complexity index is 160. The van der Waals surface area contributed by atoms with Gasteiger partial charge in [0.15, 0.2) is 0 Å². The van der Waals surface area contributed by atoms with Gasteiger partial charge in [-0.15, -0.1) is 0 Å². The minimum Gasteiger partial charge on any atom is -0.316 e. The van der Waals surface area contributed by atoms with Crippen LogP contribution in [0.25, 0.3) is 0 Å². The van der Waals surface area contributed by atoms with Gasteiger partial charge in [-0.3, -0.25) is 0 Å². The van der Waals surface area contributed by atoms with Crippen LogP contribution >= 0.6 is 0 Å². The van der Waals surface area contributed by atoms with Crippen LogP contribution in [-0.2, 0) is 0 Å². The maximum Gasteiger partial charge on any atom is 0.0635 e. The molecular weight excluding hydrogens is 174 g/mol. The molecule has 0 aromatic heterocycles. The maximum absolute atomic E-state index is 8.53. The summed E-state index contributed by atoms with van der Waals surface area (Å²) in [5, 5.41) is 11.8. The maximum atomic E-state index is 8.53. The highest BCUT2D eigenvalue weighted by Gasteiger charge is 2.05. The van der Waals surface area contributed by atoms with Crippen LogP contribution in [-0.4, -0.2) is 37.6 Å². The smallest absolute Gasteiger partial charge is 0.0635 e. The number of hydrogen-bond acceptors (Lipinski definition) is 3. The summed E-state index contributed by atoms with van der Waals surface area (Å²) >= 11 is 0. The fraction of sp³-hybridized carbons (Fsp3) is 0.909. The van der Waals surface area contributed by atoms with Gasteiger partial charge in [-0.05, 0) is 12.5 Å². The second-order valence-electron chi connectivity index (χ2n) is 3.96. The summed E-state index contributed by atoms with van der Waals surface area (Å²) < 4.78 is 0. The van der Waals surface area contributed by atoms with E-state index in [1.807, 2.05) is 0 Å². The number of rotatable bonds is 8. The van der Waals surface area contributed by atoms with Gasteiger partial charge in [-0.1, -0.05) is 20.8 Å². The molecular formula is C11H23N3. The molecule has 0 aromatic rings. The Morgan fingerprint density at radius 3 is 2.57 bits per heavy atom. The molecule has 82 valence electrons. The minimum atomic E-state index is 0.638. The van der Waals surface area contributed by atoms with E-state index >= 15 is 0 Å². The second-order valence-corrected chi connectivity index (χ2v) is 3.96. The predicted octanol–water partition coefficient (Wildman–Crippen LogP) is 1.47. The van der Waals surface area contributed by atoms with Crippen LogP contribution in [0.5, 0.6) is 0 Å². The van der Waals surface area contributed by atoms with Crippen LogP contribution in [0.15, 0.2) is 0 Å². The summed E-state index contributed by atoms with van der Waals surface area (Å²) in [6, 6.07) is 2.20. The van der Waals surface area contributed by atoms with Gasteiger partial charge in [-0.2, -0.15) is 5.26 Å². The molecule has 0 aliphatic rings. The highest BCUT2D eigenvalue weighted by molar-refractivity contribution is 4.73. The van der Waals surface area contributed by atoms with Crippen molar-refractivity contribution < 1.29 is 0 Å². The summed E-state index contributed by atoms with van der Waals surface area (Å²) in [4.78, 5) is 2.36. The number of hydrogen-bond donors (Lipinski definition) is 1. The van der Waals surface area contributed by atoms with E-state index < -0.39 is 0 Å². The Balaban J connectivity index is 3.67. The van der Waals surface area contributed by atoms with Gasteiger partial charge in [0.25, 0.3) is 0 Å². The van der Waals surface area contributed by atoms with E-state index in [1.54, 1.807) is 0 Å². The molecule has 0 radical (unpaired) electrons. The van der Waals surface area contributed by atoms with Crippen molar-refractivity contribution in [3.63, 3.8) is 0 Å². The predicted molar refractivity (Wildman–Crippen MR) is 60.1 cm³/mol. The van der Waals surface area contributed by atoms with Crippen molar-refractivity contribution in [2.24, 2.45) is 5.92 Å². The molecule has 3 heteroatoms. The van der Waals surface area contributed by atoms with Crippen LogP contribution in [0.4, 0.5) is 0 Å². The van der Waals surface area contributed by atoms with Gasteiger partial charge in [0.1, 0.15) is 0 Å². The van der Waals surface area contributed by atoms with Crippen LogP contribution in [0.3, 0.4) is 0 Å². The highest BCUT2D eigenvalue weighted by atomic mass is 15.1. The Morgan fingerprint density at radius 2 is 2.07 bits per heavy atom. The number of nitrogens with one attached hydrogen (secondary N) is 1. The molecule has 3 nitrogen and oxygen atoms in total. The van der Waals surface area contributed by atoms with Crippen LogP contribution in [0.2, 0.25) is 0 Å². The molecule has 0 bridgehead atoms. The molecule has 0 aliphatic carbocycles. The number of nitriles is 1. The van der Waals surface area contributed by atoms with E-state index in [1.165, 1.54) is 0 Å². The van der Waals surface area contributed by atoms with E-state index in [0.29, 0.717) is 12.3 Å². The third-order valence-corrected chi connectivity index (χ3v) is 2.02. The quantitative estimate of drug-likeness (QED) is 0.599. The highest BCUT2D eigenvalue weighted by Crippen LogP contribution is 1.98. The van der Waals surface area contributed by atoms with Crippen molar-refractivity contribution >= 4 is 0 Å². The van der Waals surface area contributed by atoms with Crippen LogP contribution in [0.1, 0.15) is 27.2 Å². The molecule has 0 spiro atoms. The van der Waals surface area contributed by atoms with Crippen LogP contribution < -0.4 is 5.32 Å². The minimum absolute atomic E-state index is 0.638. The van der Waals surface area contributed by atoms with Crippen molar-refractivity contribution in [1.29, 1.82) is 5.26 Å². The van der Waals surface area contributed by atoms with Gasteiger partial charge < -0.3 is 10.2 Å². The van der Waals surface area contributed by atoms with Crippen molar-refractivity contribution in [2.45, 2.75) is 27.2 Å². The third-order valence-electron chi connectivity index (χ3n) is 2.02. The molecule has 0 aliphatic heterocycles. The van der Waals surface area contributed by atoms with E-state index in [4.69, 9.17) is 5.26 Å². The zero-order chi connectivity index (χ0) is 10.8. The van der Waals surface area contributed by atoms with E-state index in [9.17, 15) is 0 Å². The molecule has 0 atom stereocenters. The van der Waals surface area contributed by atoms with Gasteiger partial charge in [0, 0.05) is 32.6 Å². The summed E-state index contributed by atoms with van der Waals surface area (Å²) in [5.41, 5.74) is 0. The number of likely N-dealkylation sites (N-methyl/N-ethyl adjacent to an activating group) is 1. The molecule has 0 unspecified atom stereocenters. The normalized spacial score (nSPS) is 10.9. The topological polar surface area (TPSA) is 39.1 Å². The molecule has 0 saturated heterocycles. The second kappa shape index (κ2) is 8.98. The van der Waals surface area contributed by atoms with Crippen molar-refractivity contribution in [3.05, 3.63) is 0 Å². The molecule has 0 saturated carbocycles. The zero-order valence-corrected chi connectivity index (χ0v) is 9.71. The lowest BCUT2D eigenvalue weighted by molar-refractivity contribution is 0.250. The summed E-state index contributed by atoms with van der Waals surface area (Å²) in [6.45, 7) is 11.6. The summed E-state index contributed by atoms with van der Waals surface area (Å²) in [6.07, 6.45) is 0.638. The number of nitrogens with zero attached hydrogens (tertiary/aromatic N) is 2. The van der Waals surface area contributed by atoms with Gasteiger partial charge in [0.2, 0.25) is 0 Å². The lowest BCUT2D eigenvalue weighted by atomic mass is 10.2. The molecule has 0 aromatic carbocycles. The first-order chi connectivity index (χ1) is 6.70. The summed E-state index contributed by atoms with van der Waals surface area (Å²) in [5.74, 6) is 0.676. The summed E-state index contributed by atoms with van der Waals surface area (Å²) in [7, 11) is 0. The molecule has 0 heterocycles. The molecule has 0 rings (SSSR count).